The lowest BCUT2D eigenvalue weighted by molar-refractivity contribution is 0.0280. The smallest absolute Gasteiger partial charge is 0.257 e. The number of methoxy groups -OCH3 is 1. The van der Waals surface area contributed by atoms with Crippen LogP contribution in [0.15, 0.2) is 10.5 Å². The molecule has 1 aromatic heterocycles. The third kappa shape index (κ3) is 2.92. The number of nitrogens with zero attached hydrogens (tertiary/aromatic N) is 1. The van der Waals surface area contributed by atoms with Crippen LogP contribution < -0.4 is 0 Å². The molecular formula is C17H25NO4. The maximum absolute atomic E-state index is 12.6. The van der Waals surface area contributed by atoms with Crippen LogP contribution in [0.1, 0.15) is 41.1 Å². The van der Waals surface area contributed by atoms with Crippen LogP contribution in [-0.2, 0) is 9.47 Å². The largest absolute Gasteiger partial charge is 0.466 e. The molecule has 1 amide bonds. The van der Waals surface area contributed by atoms with Crippen LogP contribution in [-0.4, -0.2) is 50.3 Å². The van der Waals surface area contributed by atoms with Crippen LogP contribution in [0.4, 0.5) is 0 Å². The molecule has 0 bridgehead atoms. The molecule has 1 spiro atoms. The molecule has 0 saturated carbocycles. The highest BCUT2D eigenvalue weighted by Gasteiger charge is 2.43. The molecule has 2 saturated heterocycles. The summed E-state index contributed by atoms with van der Waals surface area (Å²) in [4.78, 5) is 14.6. The maximum atomic E-state index is 12.6. The highest BCUT2D eigenvalue weighted by Crippen LogP contribution is 2.42. The first-order valence-corrected chi connectivity index (χ1v) is 8.00. The zero-order valence-electron chi connectivity index (χ0n) is 13.7. The first-order valence-electron chi connectivity index (χ1n) is 8.00. The minimum atomic E-state index is 0.0940. The van der Waals surface area contributed by atoms with Gasteiger partial charge in [-0.15, -0.1) is 0 Å². The minimum Gasteiger partial charge on any atom is -0.466 e. The van der Waals surface area contributed by atoms with Crippen molar-refractivity contribution in [2.24, 2.45) is 5.41 Å². The van der Waals surface area contributed by atoms with Crippen molar-refractivity contribution in [1.82, 2.24) is 4.90 Å². The molecular weight excluding hydrogens is 282 g/mol. The Balaban J connectivity index is 1.60. The number of likely N-dealkylation sites (tertiary alicyclic amines) is 1. The summed E-state index contributed by atoms with van der Waals surface area (Å²) in [6.07, 6.45) is 3.28. The molecule has 3 heterocycles. The Bertz CT molecular complexity index is 543. The molecule has 2 fully saturated rings. The summed E-state index contributed by atoms with van der Waals surface area (Å²) in [5, 5.41) is 0. The minimum absolute atomic E-state index is 0.0940. The fourth-order valence-electron chi connectivity index (χ4n) is 3.73. The van der Waals surface area contributed by atoms with E-state index in [0.29, 0.717) is 17.9 Å². The van der Waals surface area contributed by atoms with E-state index in [1.165, 1.54) is 0 Å². The van der Waals surface area contributed by atoms with E-state index in [4.69, 9.17) is 13.9 Å². The van der Waals surface area contributed by atoms with Crippen molar-refractivity contribution in [1.29, 1.82) is 0 Å². The number of furan rings is 1. The fraction of sp³-hybridized carbons (Fsp3) is 0.706. The van der Waals surface area contributed by atoms with Crippen molar-refractivity contribution in [3.63, 3.8) is 0 Å². The van der Waals surface area contributed by atoms with Gasteiger partial charge < -0.3 is 18.8 Å². The van der Waals surface area contributed by atoms with E-state index in [1.807, 2.05) is 24.8 Å². The van der Waals surface area contributed by atoms with Crippen molar-refractivity contribution in [2.45, 2.75) is 39.2 Å². The Kier molecular flexibility index (Phi) is 4.28. The summed E-state index contributed by atoms with van der Waals surface area (Å²) >= 11 is 0. The molecule has 1 atom stereocenters. The second kappa shape index (κ2) is 6.05. The predicted octanol–water partition coefficient (Wildman–Crippen LogP) is 2.55. The van der Waals surface area contributed by atoms with Gasteiger partial charge in [-0.05, 0) is 44.6 Å². The van der Waals surface area contributed by atoms with Gasteiger partial charge in [0.1, 0.15) is 11.5 Å². The highest BCUT2D eigenvalue weighted by molar-refractivity contribution is 5.95. The third-order valence-electron chi connectivity index (χ3n) is 5.02. The molecule has 0 aromatic carbocycles. The van der Waals surface area contributed by atoms with Gasteiger partial charge in [0.2, 0.25) is 0 Å². The lowest BCUT2D eigenvalue weighted by Gasteiger charge is -2.38. The monoisotopic (exact) mass is 307 g/mol. The van der Waals surface area contributed by atoms with Crippen LogP contribution in [0, 0.1) is 19.3 Å². The number of carbonyl (C=O) groups excluding carboxylic acids is 1. The second-order valence-electron chi connectivity index (χ2n) is 6.71. The van der Waals surface area contributed by atoms with Crippen molar-refractivity contribution in [3.05, 3.63) is 23.2 Å². The molecule has 5 heteroatoms. The molecule has 2 aliphatic heterocycles. The Morgan fingerprint density at radius 3 is 2.73 bits per heavy atom. The predicted molar refractivity (Wildman–Crippen MR) is 82.0 cm³/mol. The van der Waals surface area contributed by atoms with Crippen molar-refractivity contribution in [2.75, 3.05) is 33.4 Å². The lowest BCUT2D eigenvalue weighted by atomic mass is 9.76. The maximum Gasteiger partial charge on any atom is 0.257 e. The van der Waals surface area contributed by atoms with Gasteiger partial charge in [-0.25, -0.2) is 0 Å². The van der Waals surface area contributed by atoms with E-state index >= 15 is 0 Å². The average molecular weight is 307 g/mol. The number of aryl methyl sites for hydroxylation is 2. The molecule has 22 heavy (non-hydrogen) atoms. The SMILES string of the molecule is COCC1CC2(CCN(C(=O)c3cc(C)oc3C)CC2)CO1. The van der Waals surface area contributed by atoms with Crippen LogP contribution in [0.3, 0.4) is 0 Å². The third-order valence-corrected chi connectivity index (χ3v) is 5.02. The summed E-state index contributed by atoms with van der Waals surface area (Å²) in [5.41, 5.74) is 0.940. The van der Waals surface area contributed by atoms with Gasteiger partial charge in [-0.3, -0.25) is 4.79 Å². The normalized spacial score (nSPS) is 24.1. The van der Waals surface area contributed by atoms with Gasteiger partial charge in [-0.1, -0.05) is 0 Å². The van der Waals surface area contributed by atoms with Crippen molar-refractivity contribution in [3.8, 4) is 0 Å². The molecule has 0 radical (unpaired) electrons. The van der Waals surface area contributed by atoms with Crippen LogP contribution in [0.5, 0.6) is 0 Å². The average Bonchev–Trinajstić information content (AvgIpc) is 3.03. The molecule has 0 aliphatic carbocycles. The number of carbonyl (C=O) groups is 1. The molecule has 1 aromatic rings. The topological polar surface area (TPSA) is 51.9 Å². The van der Waals surface area contributed by atoms with Crippen LogP contribution in [0.2, 0.25) is 0 Å². The van der Waals surface area contributed by atoms with Gasteiger partial charge in [0.15, 0.2) is 0 Å². The first kappa shape index (κ1) is 15.6. The standard InChI is InChI=1S/C17H25NO4/c1-12-8-15(13(2)22-12)16(19)18-6-4-17(5-7-18)9-14(10-20-3)21-11-17/h8,14H,4-7,9-11H2,1-3H3. The fourth-order valence-corrected chi connectivity index (χ4v) is 3.73. The quantitative estimate of drug-likeness (QED) is 0.861. The Hall–Kier alpha value is -1.33. The Morgan fingerprint density at radius 2 is 2.14 bits per heavy atom. The van der Waals surface area contributed by atoms with Gasteiger partial charge in [-0.2, -0.15) is 0 Å². The van der Waals surface area contributed by atoms with E-state index < -0.39 is 0 Å². The molecule has 2 aliphatic rings. The number of rotatable bonds is 3. The zero-order chi connectivity index (χ0) is 15.7. The molecule has 1 unspecified atom stereocenters. The van der Waals surface area contributed by atoms with Crippen LogP contribution in [0.25, 0.3) is 0 Å². The van der Waals surface area contributed by atoms with E-state index in [-0.39, 0.29) is 17.4 Å². The molecule has 0 N–H and O–H groups in total. The van der Waals surface area contributed by atoms with Gasteiger partial charge in [0.25, 0.3) is 5.91 Å². The van der Waals surface area contributed by atoms with E-state index in [2.05, 4.69) is 0 Å². The van der Waals surface area contributed by atoms with Crippen molar-refractivity contribution < 1.29 is 18.7 Å². The van der Waals surface area contributed by atoms with E-state index in [9.17, 15) is 4.79 Å². The first-order chi connectivity index (χ1) is 10.5. The van der Waals surface area contributed by atoms with Gasteiger partial charge in [0.05, 0.1) is 24.9 Å². The van der Waals surface area contributed by atoms with Gasteiger partial charge in [0, 0.05) is 20.2 Å². The number of hydrogen-bond donors (Lipinski definition) is 0. The summed E-state index contributed by atoms with van der Waals surface area (Å²) in [6.45, 7) is 6.79. The van der Waals surface area contributed by atoms with E-state index in [1.54, 1.807) is 7.11 Å². The van der Waals surface area contributed by atoms with E-state index in [0.717, 1.165) is 44.7 Å². The number of amides is 1. The number of ether oxygens (including phenoxy) is 2. The number of piperidine rings is 1. The summed E-state index contributed by atoms with van der Waals surface area (Å²) in [7, 11) is 1.71. The Morgan fingerprint density at radius 1 is 1.41 bits per heavy atom. The molecule has 5 nitrogen and oxygen atoms in total. The van der Waals surface area contributed by atoms with Crippen molar-refractivity contribution >= 4 is 5.91 Å². The van der Waals surface area contributed by atoms with Crippen LogP contribution >= 0.6 is 0 Å². The zero-order valence-corrected chi connectivity index (χ0v) is 13.7. The lowest BCUT2D eigenvalue weighted by Crippen LogP contribution is -2.43. The summed E-state index contributed by atoms with van der Waals surface area (Å²) in [5.74, 6) is 1.60. The Labute approximate surface area is 131 Å². The second-order valence-corrected chi connectivity index (χ2v) is 6.71. The summed E-state index contributed by atoms with van der Waals surface area (Å²) < 4.78 is 16.5. The molecule has 3 rings (SSSR count). The summed E-state index contributed by atoms with van der Waals surface area (Å²) in [6, 6.07) is 1.84. The highest BCUT2D eigenvalue weighted by atomic mass is 16.5. The number of hydrogen-bond acceptors (Lipinski definition) is 4. The molecule has 122 valence electrons. The van der Waals surface area contributed by atoms with Gasteiger partial charge >= 0.3 is 0 Å².